The van der Waals surface area contributed by atoms with Crippen LogP contribution in [0.15, 0.2) is 28.8 Å². The molecule has 0 aliphatic carbocycles. The van der Waals surface area contributed by atoms with E-state index in [1.807, 2.05) is 0 Å². The van der Waals surface area contributed by atoms with E-state index in [1.54, 1.807) is 0 Å². The van der Waals surface area contributed by atoms with Crippen molar-refractivity contribution in [3.63, 3.8) is 0 Å². The zero-order valence-electron chi connectivity index (χ0n) is 11.9. The largest absolute Gasteiger partial charge is 0.384 e. The van der Waals surface area contributed by atoms with Gasteiger partial charge in [0.1, 0.15) is 0 Å². The molecular weight excluding hydrogens is 266 g/mol. The van der Waals surface area contributed by atoms with Gasteiger partial charge < -0.3 is 14.6 Å². The van der Waals surface area contributed by atoms with Gasteiger partial charge in [-0.05, 0) is 30.9 Å². The molecule has 0 amide bonds. The normalized spacial score (nSPS) is 25.1. The number of rotatable bonds is 2. The smallest absolute Gasteiger partial charge is 0.231 e. The van der Waals surface area contributed by atoms with Crippen LogP contribution in [0.25, 0.3) is 0 Å². The Bertz CT molecular complexity index is 619. The molecule has 0 spiro atoms. The first-order valence-corrected chi connectivity index (χ1v) is 7.63. The lowest BCUT2D eigenvalue weighted by Gasteiger charge is -2.23. The fraction of sp³-hybridized carbons (Fsp3) is 0.500. The van der Waals surface area contributed by atoms with E-state index in [1.165, 1.54) is 11.3 Å². The predicted octanol–water partition coefficient (Wildman–Crippen LogP) is 2.72. The number of anilines is 1. The van der Waals surface area contributed by atoms with Crippen LogP contribution < -0.4 is 5.32 Å². The van der Waals surface area contributed by atoms with E-state index in [2.05, 4.69) is 39.7 Å². The Kier molecular flexibility index (Phi) is 3.35. The Morgan fingerprint density at radius 2 is 2.14 bits per heavy atom. The van der Waals surface area contributed by atoms with Crippen molar-refractivity contribution in [2.75, 3.05) is 25.1 Å². The Morgan fingerprint density at radius 3 is 3.05 bits per heavy atom. The van der Waals surface area contributed by atoms with Crippen LogP contribution in [0.2, 0.25) is 0 Å². The molecule has 2 aliphatic heterocycles. The standard InChI is InChI=1S/C16H19N3O2/c1-2-6-14-11(4-1)8-13(9-17-14)16-18-15(19-21-16)12-5-3-7-20-10-12/h1-2,4,6,12-13,17H,3,5,7-10H2. The molecule has 4 rings (SSSR count). The van der Waals surface area contributed by atoms with Gasteiger partial charge in [-0.25, -0.2) is 0 Å². The van der Waals surface area contributed by atoms with Crippen LogP contribution >= 0.6 is 0 Å². The topological polar surface area (TPSA) is 60.2 Å². The third-order valence-corrected chi connectivity index (χ3v) is 4.35. The minimum Gasteiger partial charge on any atom is -0.384 e. The van der Waals surface area contributed by atoms with Crippen molar-refractivity contribution in [1.82, 2.24) is 10.1 Å². The highest BCUT2D eigenvalue weighted by atomic mass is 16.5. The lowest BCUT2D eigenvalue weighted by molar-refractivity contribution is 0.0773. The molecule has 1 N–H and O–H groups in total. The van der Waals surface area contributed by atoms with Crippen LogP contribution in [0.1, 0.15) is 42.0 Å². The molecule has 3 heterocycles. The zero-order chi connectivity index (χ0) is 14.1. The fourth-order valence-corrected chi connectivity index (χ4v) is 3.14. The molecule has 1 fully saturated rings. The van der Waals surface area contributed by atoms with Crippen molar-refractivity contribution < 1.29 is 9.26 Å². The summed E-state index contributed by atoms with van der Waals surface area (Å²) < 4.78 is 11.0. The van der Waals surface area contributed by atoms with Crippen LogP contribution in [0.3, 0.4) is 0 Å². The van der Waals surface area contributed by atoms with Crippen molar-refractivity contribution >= 4 is 5.69 Å². The number of fused-ring (bicyclic) bond motifs is 1. The van der Waals surface area contributed by atoms with Crippen LogP contribution in [0.4, 0.5) is 5.69 Å². The number of hydrogen-bond donors (Lipinski definition) is 1. The molecule has 5 heteroatoms. The molecule has 2 aliphatic rings. The first-order valence-electron chi connectivity index (χ1n) is 7.63. The van der Waals surface area contributed by atoms with Crippen molar-refractivity contribution in [1.29, 1.82) is 0 Å². The SMILES string of the molecule is c1ccc2c(c1)CC(c1nc(C3CCCOC3)no1)CN2. The Hall–Kier alpha value is -1.88. The van der Waals surface area contributed by atoms with E-state index in [9.17, 15) is 0 Å². The second-order valence-corrected chi connectivity index (χ2v) is 5.84. The van der Waals surface area contributed by atoms with Crippen LogP contribution in [-0.4, -0.2) is 29.9 Å². The van der Waals surface area contributed by atoms with Crippen molar-refractivity contribution in [3.8, 4) is 0 Å². The maximum Gasteiger partial charge on any atom is 0.231 e. The Morgan fingerprint density at radius 1 is 1.19 bits per heavy atom. The van der Waals surface area contributed by atoms with E-state index in [0.29, 0.717) is 12.5 Å². The summed E-state index contributed by atoms with van der Waals surface area (Å²) in [6.45, 7) is 2.41. The maximum absolute atomic E-state index is 5.52. The van der Waals surface area contributed by atoms with E-state index in [0.717, 1.165) is 44.1 Å². The number of nitrogens with zero attached hydrogens (tertiary/aromatic N) is 2. The molecule has 110 valence electrons. The van der Waals surface area contributed by atoms with Crippen molar-refractivity contribution in [2.45, 2.75) is 31.1 Å². The lowest BCUT2D eigenvalue weighted by atomic mass is 9.94. The molecular formula is C16H19N3O2. The number of benzene rings is 1. The summed E-state index contributed by atoms with van der Waals surface area (Å²) >= 11 is 0. The van der Waals surface area contributed by atoms with Crippen molar-refractivity contribution in [2.24, 2.45) is 0 Å². The number of para-hydroxylation sites is 1. The summed E-state index contributed by atoms with van der Waals surface area (Å²) in [6, 6.07) is 8.40. The molecule has 1 aromatic heterocycles. The molecule has 2 unspecified atom stereocenters. The molecule has 2 atom stereocenters. The van der Waals surface area contributed by atoms with Gasteiger partial charge in [0, 0.05) is 24.8 Å². The highest BCUT2D eigenvalue weighted by Crippen LogP contribution is 2.31. The zero-order valence-corrected chi connectivity index (χ0v) is 11.9. The van der Waals surface area contributed by atoms with E-state index in [-0.39, 0.29) is 5.92 Å². The van der Waals surface area contributed by atoms with Gasteiger partial charge in [0.15, 0.2) is 5.82 Å². The first kappa shape index (κ1) is 12.8. The first-order chi connectivity index (χ1) is 10.4. The third kappa shape index (κ3) is 2.53. The van der Waals surface area contributed by atoms with Crippen LogP contribution in [-0.2, 0) is 11.2 Å². The number of nitrogens with one attached hydrogen (secondary N) is 1. The fourth-order valence-electron chi connectivity index (χ4n) is 3.14. The molecule has 5 nitrogen and oxygen atoms in total. The number of hydrogen-bond acceptors (Lipinski definition) is 5. The monoisotopic (exact) mass is 285 g/mol. The van der Waals surface area contributed by atoms with Gasteiger partial charge in [-0.2, -0.15) is 4.98 Å². The molecule has 0 bridgehead atoms. The van der Waals surface area contributed by atoms with E-state index in [4.69, 9.17) is 9.26 Å². The highest BCUT2D eigenvalue weighted by molar-refractivity contribution is 5.53. The third-order valence-electron chi connectivity index (χ3n) is 4.35. The molecule has 21 heavy (non-hydrogen) atoms. The summed E-state index contributed by atoms with van der Waals surface area (Å²) in [4.78, 5) is 4.63. The second kappa shape index (κ2) is 5.48. The molecule has 0 radical (unpaired) electrons. The van der Waals surface area contributed by atoms with Gasteiger partial charge in [-0.3, -0.25) is 0 Å². The van der Waals surface area contributed by atoms with Gasteiger partial charge in [0.25, 0.3) is 0 Å². The minimum absolute atomic E-state index is 0.255. The number of ether oxygens (including phenoxy) is 1. The van der Waals surface area contributed by atoms with Crippen molar-refractivity contribution in [3.05, 3.63) is 41.5 Å². The van der Waals surface area contributed by atoms with Gasteiger partial charge >= 0.3 is 0 Å². The quantitative estimate of drug-likeness (QED) is 0.919. The summed E-state index contributed by atoms with van der Waals surface area (Å²) in [5.41, 5.74) is 2.53. The predicted molar refractivity (Wildman–Crippen MR) is 78.5 cm³/mol. The maximum atomic E-state index is 5.52. The summed E-state index contributed by atoms with van der Waals surface area (Å²) in [5.74, 6) is 2.10. The molecule has 2 aromatic rings. The minimum atomic E-state index is 0.255. The average molecular weight is 285 g/mol. The van der Waals surface area contributed by atoms with Gasteiger partial charge in [0.05, 0.1) is 12.5 Å². The summed E-state index contributed by atoms with van der Waals surface area (Å²) in [6.07, 6.45) is 3.11. The lowest BCUT2D eigenvalue weighted by Crippen LogP contribution is -2.22. The average Bonchev–Trinajstić information content (AvgIpc) is 3.05. The Balaban J connectivity index is 1.51. The van der Waals surface area contributed by atoms with E-state index >= 15 is 0 Å². The number of aromatic nitrogens is 2. The van der Waals surface area contributed by atoms with E-state index < -0.39 is 0 Å². The Labute approximate surface area is 123 Å². The molecule has 0 saturated carbocycles. The van der Waals surface area contributed by atoms with Crippen LogP contribution in [0, 0.1) is 0 Å². The van der Waals surface area contributed by atoms with Crippen LogP contribution in [0.5, 0.6) is 0 Å². The summed E-state index contributed by atoms with van der Waals surface area (Å²) in [5, 5.41) is 7.62. The van der Waals surface area contributed by atoms with Gasteiger partial charge in [0.2, 0.25) is 5.89 Å². The second-order valence-electron chi connectivity index (χ2n) is 5.84. The summed E-state index contributed by atoms with van der Waals surface area (Å²) in [7, 11) is 0. The highest BCUT2D eigenvalue weighted by Gasteiger charge is 2.27. The molecule has 1 aromatic carbocycles. The van der Waals surface area contributed by atoms with Gasteiger partial charge in [-0.15, -0.1) is 0 Å². The van der Waals surface area contributed by atoms with Gasteiger partial charge in [-0.1, -0.05) is 23.4 Å². The molecule has 1 saturated heterocycles.